The fourth-order valence-corrected chi connectivity index (χ4v) is 3.05. The topological polar surface area (TPSA) is 73.8 Å². The van der Waals surface area contributed by atoms with Crippen LogP contribution in [0.1, 0.15) is 0 Å². The lowest BCUT2D eigenvalue weighted by atomic mass is 9.97. The Morgan fingerprint density at radius 2 is 0.900 bits per heavy atom. The Balaban J connectivity index is 1.46. The zero-order valence-corrected chi connectivity index (χ0v) is 11.0. The fourth-order valence-electron chi connectivity index (χ4n) is 3.05. The van der Waals surface area contributed by atoms with Crippen molar-refractivity contribution in [1.29, 1.82) is 0 Å². The van der Waals surface area contributed by atoms with Gasteiger partial charge in [0.1, 0.15) is 63.8 Å². The lowest BCUT2D eigenvalue weighted by Crippen LogP contribution is -2.50. The van der Waals surface area contributed by atoms with E-state index in [9.17, 15) is 0 Å². The molecule has 8 nitrogen and oxygen atoms in total. The normalized spacial score (nSPS) is 49.2. The van der Waals surface area contributed by atoms with Gasteiger partial charge in [0.25, 0.3) is 0 Å². The summed E-state index contributed by atoms with van der Waals surface area (Å²) in [6.07, 6.45) is -1.19. The van der Waals surface area contributed by atoms with Gasteiger partial charge in [-0.05, 0) is 0 Å². The highest BCUT2D eigenvalue weighted by Crippen LogP contribution is 2.32. The summed E-state index contributed by atoms with van der Waals surface area (Å²) in [5.74, 6) is 0. The lowest BCUT2D eigenvalue weighted by molar-refractivity contribution is -0.0691. The molecule has 0 spiro atoms. The van der Waals surface area contributed by atoms with Crippen molar-refractivity contribution < 1.29 is 37.9 Å². The van der Waals surface area contributed by atoms with Gasteiger partial charge in [0.15, 0.2) is 0 Å². The molecule has 4 aliphatic rings. The quantitative estimate of drug-likeness (QED) is 0.670. The van der Waals surface area contributed by atoms with Gasteiger partial charge in [-0.3, -0.25) is 0 Å². The van der Waals surface area contributed by atoms with Crippen LogP contribution in [0.5, 0.6) is 0 Å². The van der Waals surface area contributed by atoms with Crippen LogP contribution in [-0.4, -0.2) is 77.0 Å². The van der Waals surface area contributed by atoms with Crippen molar-refractivity contribution in [2.75, 3.05) is 40.4 Å². The second-order valence-electron chi connectivity index (χ2n) is 5.15. The molecule has 4 fully saturated rings. The molecule has 8 heteroatoms. The molecular weight excluding hydrogens is 272 g/mol. The van der Waals surface area contributed by atoms with Gasteiger partial charge in [-0.2, -0.15) is 0 Å². The van der Waals surface area contributed by atoms with E-state index in [1.54, 1.807) is 0 Å². The Labute approximate surface area is 116 Å². The van der Waals surface area contributed by atoms with Gasteiger partial charge in [0, 0.05) is 0 Å². The third-order valence-electron chi connectivity index (χ3n) is 4.04. The Morgan fingerprint density at radius 1 is 0.450 bits per heavy atom. The molecule has 0 radical (unpaired) electrons. The third kappa shape index (κ3) is 2.36. The zero-order valence-electron chi connectivity index (χ0n) is 11.0. The average molecular weight is 290 g/mol. The minimum Gasteiger partial charge on any atom is -0.353 e. The molecule has 0 saturated carbocycles. The molecule has 0 aromatic carbocycles. The maximum atomic E-state index is 5.69. The van der Waals surface area contributed by atoms with Crippen molar-refractivity contribution in [1.82, 2.24) is 0 Å². The van der Waals surface area contributed by atoms with Gasteiger partial charge >= 0.3 is 0 Å². The molecule has 20 heavy (non-hydrogen) atoms. The SMILES string of the molecule is C1O[C@H]([C@H]2OCO[C@H]2[C@H]2COCO2)[C@H]([C@H]2COCO2)O1. The highest BCUT2D eigenvalue weighted by molar-refractivity contribution is 4.96. The summed E-state index contributed by atoms with van der Waals surface area (Å²) in [5, 5.41) is 0. The van der Waals surface area contributed by atoms with Crippen LogP contribution in [0.25, 0.3) is 0 Å². The largest absolute Gasteiger partial charge is 0.353 e. The van der Waals surface area contributed by atoms with Gasteiger partial charge in [0.2, 0.25) is 0 Å². The van der Waals surface area contributed by atoms with Crippen molar-refractivity contribution in [3.63, 3.8) is 0 Å². The smallest absolute Gasteiger partial charge is 0.148 e. The summed E-state index contributed by atoms with van der Waals surface area (Å²) in [6.45, 7) is 2.05. The fraction of sp³-hybridized carbons (Fsp3) is 1.00. The molecule has 0 amide bonds. The second kappa shape index (κ2) is 5.82. The van der Waals surface area contributed by atoms with Gasteiger partial charge in [-0.25, -0.2) is 0 Å². The van der Waals surface area contributed by atoms with Gasteiger partial charge < -0.3 is 37.9 Å². The summed E-state index contributed by atoms with van der Waals surface area (Å²) in [4.78, 5) is 0. The minimum atomic E-state index is -0.251. The zero-order chi connectivity index (χ0) is 13.4. The first-order valence-corrected chi connectivity index (χ1v) is 6.78. The summed E-state index contributed by atoms with van der Waals surface area (Å²) < 4.78 is 44.1. The summed E-state index contributed by atoms with van der Waals surface area (Å²) in [7, 11) is 0. The van der Waals surface area contributed by atoms with Crippen LogP contribution < -0.4 is 0 Å². The van der Waals surface area contributed by atoms with E-state index in [1.165, 1.54) is 0 Å². The number of hydrogen-bond donors (Lipinski definition) is 0. The maximum Gasteiger partial charge on any atom is 0.148 e. The number of rotatable bonds is 3. The molecule has 0 unspecified atom stereocenters. The predicted octanol–water partition coefficient (Wildman–Crippen LogP) is -0.785. The van der Waals surface area contributed by atoms with Crippen molar-refractivity contribution in [3.8, 4) is 0 Å². The van der Waals surface area contributed by atoms with E-state index in [0.29, 0.717) is 26.8 Å². The standard InChI is InChI=1S/C12H18O8/c1-7(15-3-13-1)9-11(19-5-17-9)12-10(18-6-20-12)8-2-14-4-16-8/h7-12H,1-6H2/t7-,8-,9+,10+,11+,12+/m1/s1. The van der Waals surface area contributed by atoms with Crippen LogP contribution in [0, 0.1) is 0 Å². The first kappa shape index (κ1) is 13.4. The first-order chi connectivity index (χ1) is 9.93. The Morgan fingerprint density at radius 3 is 1.30 bits per heavy atom. The van der Waals surface area contributed by atoms with Gasteiger partial charge in [-0.15, -0.1) is 0 Å². The summed E-state index contributed by atoms with van der Waals surface area (Å²) in [5.41, 5.74) is 0. The molecule has 0 N–H and O–H groups in total. The van der Waals surface area contributed by atoms with Crippen LogP contribution >= 0.6 is 0 Å². The molecule has 4 saturated heterocycles. The monoisotopic (exact) mass is 290 g/mol. The van der Waals surface area contributed by atoms with Crippen LogP contribution in [0.2, 0.25) is 0 Å². The lowest BCUT2D eigenvalue weighted by Gasteiger charge is -2.29. The molecular formula is C12H18O8. The molecule has 0 aliphatic carbocycles. The van der Waals surface area contributed by atoms with E-state index in [1.807, 2.05) is 0 Å². The van der Waals surface area contributed by atoms with Crippen LogP contribution in [0.15, 0.2) is 0 Å². The van der Waals surface area contributed by atoms with Crippen LogP contribution in [0.3, 0.4) is 0 Å². The first-order valence-electron chi connectivity index (χ1n) is 6.78. The summed E-state index contributed by atoms with van der Waals surface area (Å²) >= 11 is 0. The minimum absolute atomic E-state index is 0.131. The molecule has 4 rings (SSSR count). The molecule has 0 aromatic heterocycles. The maximum absolute atomic E-state index is 5.69. The summed E-state index contributed by atoms with van der Waals surface area (Å²) in [6, 6.07) is 0. The van der Waals surface area contributed by atoms with Gasteiger partial charge in [0.05, 0.1) is 13.2 Å². The highest BCUT2D eigenvalue weighted by atomic mass is 16.8. The van der Waals surface area contributed by atoms with Gasteiger partial charge in [-0.1, -0.05) is 0 Å². The van der Waals surface area contributed by atoms with E-state index >= 15 is 0 Å². The van der Waals surface area contributed by atoms with Crippen molar-refractivity contribution in [2.45, 2.75) is 36.6 Å². The van der Waals surface area contributed by atoms with Crippen molar-refractivity contribution >= 4 is 0 Å². The number of hydrogen-bond acceptors (Lipinski definition) is 8. The molecule has 0 aromatic rings. The second-order valence-corrected chi connectivity index (χ2v) is 5.15. The van der Waals surface area contributed by atoms with Crippen molar-refractivity contribution in [3.05, 3.63) is 0 Å². The average Bonchev–Trinajstić information content (AvgIpc) is 3.23. The molecule has 4 aliphatic heterocycles. The molecule has 4 heterocycles. The number of ether oxygens (including phenoxy) is 8. The highest BCUT2D eigenvalue weighted by Gasteiger charge is 2.51. The van der Waals surface area contributed by atoms with E-state index in [-0.39, 0.29) is 50.2 Å². The van der Waals surface area contributed by atoms with E-state index in [0.717, 1.165) is 0 Å². The van der Waals surface area contributed by atoms with Crippen LogP contribution in [0.4, 0.5) is 0 Å². The van der Waals surface area contributed by atoms with Crippen molar-refractivity contribution in [2.24, 2.45) is 0 Å². The van der Waals surface area contributed by atoms with Crippen LogP contribution in [-0.2, 0) is 37.9 Å². The predicted molar refractivity (Wildman–Crippen MR) is 60.6 cm³/mol. The third-order valence-corrected chi connectivity index (χ3v) is 4.04. The van der Waals surface area contributed by atoms with E-state index in [4.69, 9.17) is 37.9 Å². The Kier molecular flexibility index (Phi) is 3.88. The Bertz CT molecular complexity index is 295. The molecule has 0 bridgehead atoms. The molecule has 6 atom stereocenters. The Hall–Kier alpha value is -0.320. The molecule has 114 valence electrons. The van der Waals surface area contributed by atoms with E-state index < -0.39 is 0 Å². The van der Waals surface area contributed by atoms with E-state index in [2.05, 4.69) is 0 Å².